The Hall–Kier alpha value is -2.70. The van der Waals surface area contributed by atoms with Crippen LogP contribution >= 0.6 is 15.9 Å². The maximum Gasteiger partial charge on any atom is 0.228 e. The van der Waals surface area contributed by atoms with E-state index in [-0.39, 0.29) is 12.3 Å². The van der Waals surface area contributed by atoms with Gasteiger partial charge in [0.1, 0.15) is 11.5 Å². The highest BCUT2D eigenvalue weighted by atomic mass is 79.9. The number of carbonyl (C=O) groups excluding carboxylic acids is 1. The van der Waals surface area contributed by atoms with Crippen molar-refractivity contribution in [2.45, 2.75) is 13.0 Å². The average Bonchev–Trinajstić information content (AvgIpc) is 2.64. The molecule has 2 aromatic carbocycles. The molecule has 0 aliphatic heterocycles. The fourth-order valence-corrected chi connectivity index (χ4v) is 2.79. The Labute approximate surface area is 160 Å². The summed E-state index contributed by atoms with van der Waals surface area (Å²) >= 11 is 3.40. The van der Waals surface area contributed by atoms with Gasteiger partial charge >= 0.3 is 0 Å². The third kappa shape index (κ3) is 4.91. The minimum absolute atomic E-state index is 0.0959. The Bertz CT molecular complexity index is 915. The second kappa shape index (κ2) is 8.60. The molecule has 0 fully saturated rings. The number of halogens is 1. The Morgan fingerprint density at radius 2 is 1.92 bits per heavy atom. The van der Waals surface area contributed by atoms with E-state index < -0.39 is 0 Å². The summed E-state index contributed by atoms with van der Waals surface area (Å²) in [4.78, 5) is 16.3. The third-order valence-corrected chi connectivity index (χ3v) is 4.27. The molecule has 0 saturated heterocycles. The molecule has 0 aliphatic carbocycles. The van der Waals surface area contributed by atoms with Gasteiger partial charge in [-0.2, -0.15) is 0 Å². The molecule has 0 saturated carbocycles. The molecule has 5 nitrogen and oxygen atoms in total. The van der Waals surface area contributed by atoms with Crippen LogP contribution in [0, 0.1) is 0 Å². The number of hydrogen-bond acceptors (Lipinski definition) is 4. The van der Waals surface area contributed by atoms with Gasteiger partial charge in [-0.1, -0.05) is 24.3 Å². The molecule has 1 amide bonds. The second-order valence-electron chi connectivity index (χ2n) is 5.69. The normalized spacial score (nSPS) is 10.4. The number of nitrogens with one attached hydrogen (secondary N) is 1. The monoisotopic (exact) mass is 411 g/mol. The largest absolute Gasteiger partial charge is 0.456 e. The van der Waals surface area contributed by atoms with Crippen LogP contribution in [0.3, 0.4) is 0 Å². The van der Waals surface area contributed by atoms with Crippen molar-refractivity contribution in [1.82, 2.24) is 4.98 Å². The SMILES string of the molecule is NCc1cccc(NC(=O)Cc2cccc(Oc3ccncc3Br)c2)c1. The number of aromatic nitrogens is 1. The number of ether oxygens (including phenoxy) is 1. The summed E-state index contributed by atoms with van der Waals surface area (Å²) in [6, 6.07) is 16.7. The molecule has 0 aliphatic rings. The average molecular weight is 412 g/mol. The summed E-state index contributed by atoms with van der Waals surface area (Å²) in [5.41, 5.74) is 8.21. The molecule has 3 N–H and O–H groups in total. The molecule has 132 valence electrons. The number of anilines is 1. The van der Waals surface area contributed by atoms with Crippen LogP contribution in [0.1, 0.15) is 11.1 Å². The van der Waals surface area contributed by atoms with E-state index in [2.05, 4.69) is 26.2 Å². The number of nitrogens with zero attached hydrogens (tertiary/aromatic N) is 1. The lowest BCUT2D eigenvalue weighted by Crippen LogP contribution is -2.14. The van der Waals surface area contributed by atoms with Crippen molar-refractivity contribution in [1.29, 1.82) is 0 Å². The molecule has 1 heterocycles. The summed E-state index contributed by atoms with van der Waals surface area (Å²) in [6.07, 6.45) is 3.58. The fourth-order valence-electron chi connectivity index (χ4n) is 2.46. The lowest BCUT2D eigenvalue weighted by atomic mass is 10.1. The van der Waals surface area contributed by atoms with Crippen molar-refractivity contribution < 1.29 is 9.53 Å². The first-order valence-corrected chi connectivity index (χ1v) is 8.88. The van der Waals surface area contributed by atoms with E-state index in [0.717, 1.165) is 21.3 Å². The molecule has 0 atom stereocenters. The predicted octanol–water partition coefficient (Wildman–Crippen LogP) is 4.28. The van der Waals surface area contributed by atoms with Gasteiger partial charge in [0.15, 0.2) is 0 Å². The molecule has 0 bridgehead atoms. The maximum absolute atomic E-state index is 12.3. The molecule has 0 radical (unpaired) electrons. The number of carbonyl (C=O) groups is 1. The van der Waals surface area contributed by atoms with Gasteiger partial charge in [-0.25, -0.2) is 0 Å². The van der Waals surface area contributed by atoms with Gasteiger partial charge in [-0.05, 0) is 51.3 Å². The second-order valence-corrected chi connectivity index (χ2v) is 6.54. The highest BCUT2D eigenvalue weighted by Crippen LogP contribution is 2.28. The summed E-state index contributed by atoms with van der Waals surface area (Å²) in [5.74, 6) is 1.23. The number of rotatable bonds is 6. The Kier molecular flexibility index (Phi) is 5.99. The van der Waals surface area contributed by atoms with Crippen molar-refractivity contribution >= 4 is 27.5 Å². The van der Waals surface area contributed by atoms with Crippen LogP contribution in [0.5, 0.6) is 11.5 Å². The van der Waals surface area contributed by atoms with E-state index in [1.807, 2.05) is 48.5 Å². The van der Waals surface area contributed by atoms with Crippen molar-refractivity contribution in [3.8, 4) is 11.5 Å². The number of nitrogens with two attached hydrogens (primary N) is 1. The Morgan fingerprint density at radius 3 is 2.73 bits per heavy atom. The molecular weight excluding hydrogens is 394 g/mol. The molecule has 1 aromatic heterocycles. The number of hydrogen-bond donors (Lipinski definition) is 2. The lowest BCUT2D eigenvalue weighted by Gasteiger charge is -2.10. The van der Waals surface area contributed by atoms with E-state index in [1.54, 1.807) is 18.5 Å². The Balaban J connectivity index is 1.66. The van der Waals surface area contributed by atoms with Crippen molar-refractivity contribution in [3.05, 3.63) is 82.6 Å². The molecule has 6 heteroatoms. The zero-order valence-electron chi connectivity index (χ0n) is 14.0. The zero-order valence-corrected chi connectivity index (χ0v) is 15.6. The topological polar surface area (TPSA) is 77.2 Å². The summed E-state index contributed by atoms with van der Waals surface area (Å²) in [5, 5.41) is 2.89. The first kappa shape index (κ1) is 18.1. The highest BCUT2D eigenvalue weighted by molar-refractivity contribution is 9.10. The van der Waals surface area contributed by atoms with Crippen LogP contribution in [0.4, 0.5) is 5.69 Å². The number of benzene rings is 2. The van der Waals surface area contributed by atoms with Crippen LogP contribution in [0.2, 0.25) is 0 Å². The molecule has 26 heavy (non-hydrogen) atoms. The van der Waals surface area contributed by atoms with Crippen LogP contribution in [0.15, 0.2) is 71.5 Å². The van der Waals surface area contributed by atoms with Crippen LogP contribution in [-0.4, -0.2) is 10.9 Å². The van der Waals surface area contributed by atoms with Gasteiger partial charge in [-0.15, -0.1) is 0 Å². The third-order valence-electron chi connectivity index (χ3n) is 3.67. The van der Waals surface area contributed by atoms with Gasteiger partial charge in [0.25, 0.3) is 0 Å². The number of pyridine rings is 1. The van der Waals surface area contributed by atoms with Gasteiger partial charge < -0.3 is 15.8 Å². The molecule has 0 spiro atoms. The van der Waals surface area contributed by atoms with Crippen LogP contribution < -0.4 is 15.8 Å². The molecule has 3 aromatic rings. The van der Waals surface area contributed by atoms with Crippen molar-refractivity contribution in [2.75, 3.05) is 5.32 Å². The highest BCUT2D eigenvalue weighted by Gasteiger charge is 2.07. The number of amides is 1. The van der Waals surface area contributed by atoms with E-state index in [1.165, 1.54) is 0 Å². The van der Waals surface area contributed by atoms with Gasteiger partial charge in [-0.3, -0.25) is 9.78 Å². The molecule has 3 rings (SSSR count). The van der Waals surface area contributed by atoms with E-state index in [9.17, 15) is 4.79 Å². The Morgan fingerprint density at radius 1 is 1.12 bits per heavy atom. The smallest absolute Gasteiger partial charge is 0.228 e. The maximum atomic E-state index is 12.3. The first-order chi connectivity index (χ1) is 12.6. The summed E-state index contributed by atoms with van der Waals surface area (Å²) in [7, 11) is 0. The lowest BCUT2D eigenvalue weighted by molar-refractivity contribution is -0.115. The van der Waals surface area contributed by atoms with Gasteiger partial charge in [0.2, 0.25) is 5.91 Å². The van der Waals surface area contributed by atoms with Crippen LogP contribution in [-0.2, 0) is 17.8 Å². The van der Waals surface area contributed by atoms with E-state index in [4.69, 9.17) is 10.5 Å². The zero-order chi connectivity index (χ0) is 18.4. The minimum Gasteiger partial charge on any atom is -0.456 e. The fraction of sp³-hybridized carbons (Fsp3) is 0.100. The predicted molar refractivity (Wildman–Crippen MR) is 105 cm³/mol. The quantitative estimate of drug-likeness (QED) is 0.634. The van der Waals surface area contributed by atoms with Gasteiger partial charge in [0, 0.05) is 30.7 Å². The van der Waals surface area contributed by atoms with Gasteiger partial charge in [0.05, 0.1) is 10.9 Å². The van der Waals surface area contributed by atoms with Crippen molar-refractivity contribution in [2.24, 2.45) is 5.73 Å². The molecule has 0 unspecified atom stereocenters. The van der Waals surface area contributed by atoms with Crippen LogP contribution in [0.25, 0.3) is 0 Å². The molecular formula is C20H18BrN3O2. The van der Waals surface area contributed by atoms with E-state index >= 15 is 0 Å². The summed E-state index contributed by atoms with van der Waals surface area (Å²) < 4.78 is 6.61. The van der Waals surface area contributed by atoms with Crippen molar-refractivity contribution in [3.63, 3.8) is 0 Å². The first-order valence-electron chi connectivity index (χ1n) is 8.09. The summed E-state index contributed by atoms with van der Waals surface area (Å²) in [6.45, 7) is 0.438. The standard InChI is InChI=1S/C20H18BrN3O2/c21-18-13-23-8-7-19(18)26-17-6-2-3-14(10-17)11-20(25)24-16-5-1-4-15(9-16)12-22/h1-10,13H,11-12,22H2,(H,24,25). The minimum atomic E-state index is -0.0959. The van der Waals surface area contributed by atoms with E-state index in [0.29, 0.717) is 18.0 Å².